The first-order valence-corrected chi connectivity index (χ1v) is 7.30. The summed E-state index contributed by atoms with van der Waals surface area (Å²) < 4.78 is 13.5. The molecule has 0 amide bonds. The fraction of sp³-hybridized carbons (Fsp3) is 0.636. The van der Waals surface area contributed by atoms with Crippen LogP contribution in [0.3, 0.4) is 0 Å². The lowest BCUT2D eigenvalue weighted by atomic mass is 9.95. The molecule has 4 N–H and O–H groups in total. The Morgan fingerprint density at radius 1 is 1.39 bits per heavy atom. The predicted molar refractivity (Wildman–Crippen MR) is 73.0 cm³/mol. The molecule has 1 aromatic rings. The zero-order chi connectivity index (χ0) is 13.0. The normalized spacial score (nSPS) is 23.7. The summed E-state index contributed by atoms with van der Waals surface area (Å²) in [4.78, 5) is 7.70. The third-order valence-corrected chi connectivity index (χ3v) is 4.36. The van der Waals surface area contributed by atoms with Crippen molar-refractivity contribution in [3.05, 3.63) is 12.0 Å². The molecule has 0 saturated heterocycles. The molecule has 1 aliphatic rings. The SMILES string of the molecule is CSC1CCC(Nc2nc(NN)ncc2F)CC1. The number of anilines is 2. The van der Waals surface area contributed by atoms with Crippen LogP contribution in [0.25, 0.3) is 0 Å². The molecule has 1 heterocycles. The first-order valence-electron chi connectivity index (χ1n) is 6.01. The lowest BCUT2D eigenvalue weighted by Crippen LogP contribution is -2.28. The van der Waals surface area contributed by atoms with Crippen LogP contribution in [0.5, 0.6) is 0 Å². The molecule has 1 aromatic heterocycles. The van der Waals surface area contributed by atoms with Gasteiger partial charge in [-0.1, -0.05) is 0 Å². The van der Waals surface area contributed by atoms with E-state index >= 15 is 0 Å². The lowest BCUT2D eigenvalue weighted by molar-refractivity contribution is 0.469. The highest BCUT2D eigenvalue weighted by molar-refractivity contribution is 7.99. The average Bonchev–Trinajstić information content (AvgIpc) is 2.42. The fourth-order valence-corrected chi connectivity index (χ4v) is 2.92. The Bertz CT molecular complexity index is 395. The Balaban J connectivity index is 1.97. The van der Waals surface area contributed by atoms with Gasteiger partial charge < -0.3 is 5.32 Å². The summed E-state index contributed by atoms with van der Waals surface area (Å²) in [5.41, 5.74) is 2.32. The van der Waals surface area contributed by atoms with Crippen molar-refractivity contribution in [3.8, 4) is 0 Å². The van der Waals surface area contributed by atoms with Gasteiger partial charge >= 0.3 is 0 Å². The molecule has 18 heavy (non-hydrogen) atoms. The van der Waals surface area contributed by atoms with Gasteiger partial charge in [0.25, 0.3) is 0 Å². The Morgan fingerprint density at radius 2 is 2.11 bits per heavy atom. The van der Waals surface area contributed by atoms with Gasteiger partial charge in [-0.05, 0) is 31.9 Å². The van der Waals surface area contributed by atoms with E-state index in [0.717, 1.165) is 37.1 Å². The van der Waals surface area contributed by atoms with E-state index in [2.05, 4.69) is 27.0 Å². The molecular formula is C11H18FN5S. The molecular weight excluding hydrogens is 253 g/mol. The number of rotatable bonds is 4. The summed E-state index contributed by atoms with van der Waals surface area (Å²) in [5.74, 6) is 5.21. The smallest absolute Gasteiger partial charge is 0.239 e. The van der Waals surface area contributed by atoms with Gasteiger partial charge in [-0.3, -0.25) is 5.43 Å². The van der Waals surface area contributed by atoms with Crippen molar-refractivity contribution in [2.75, 3.05) is 17.0 Å². The summed E-state index contributed by atoms with van der Waals surface area (Å²) in [7, 11) is 0. The number of nitrogens with two attached hydrogens (primary N) is 1. The number of hydrogen-bond acceptors (Lipinski definition) is 6. The molecule has 0 bridgehead atoms. The molecule has 0 radical (unpaired) electrons. The van der Waals surface area contributed by atoms with Crippen molar-refractivity contribution in [1.29, 1.82) is 0 Å². The minimum Gasteiger partial charge on any atom is -0.365 e. The number of hydrazine groups is 1. The van der Waals surface area contributed by atoms with Gasteiger partial charge in [-0.15, -0.1) is 0 Å². The molecule has 0 atom stereocenters. The van der Waals surface area contributed by atoms with Crippen LogP contribution in [0.2, 0.25) is 0 Å². The third-order valence-electron chi connectivity index (χ3n) is 3.22. The van der Waals surface area contributed by atoms with E-state index in [9.17, 15) is 4.39 Å². The van der Waals surface area contributed by atoms with Crippen molar-refractivity contribution in [1.82, 2.24) is 9.97 Å². The Morgan fingerprint density at radius 3 is 2.72 bits per heavy atom. The monoisotopic (exact) mass is 271 g/mol. The van der Waals surface area contributed by atoms with E-state index in [1.54, 1.807) is 0 Å². The maximum atomic E-state index is 13.5. The predicted octanol–water partition coefficient (Wildman–Crippen LogP) is 1.99. The van der Waals surface area contributed by atoms with E-state index in [1.165, 1.54) is 0 Å². The molecule has 2 rings (SSSR count). The van der Waals surface area contributed by atoms with Crippen molar-refractivity contribution in [2.45, 2.75) is 37.0 Å². The molecule has 0 aromatic carbocycles. The minimum atomic E-state index is -0.444. The highest BCUT2D eigenvalue weighted by Crippen LogP contribution is 2.28. The van der Waals surface area contributed by atoms with Gasteiger partial charge in [0.05, 0.1) is 6.20 Å². The summed E-state index contributed by atoms with van der Waals surface area (Å²) in [5, 5.41) is 3.87. The molecule has 100 valence electrons. The summed E-state index contributed by atoms with van der Waals surface area (Å²) in [6, 6.07) is 0.281. The van der Waals surface area contributed by atoms with E-state index < -0.39 is 5.82 Å². The quantitative estimate of drug-likeness (QED) is 0.574. The molecule has 0 spiro atoms. The van der Waals surface area contributed by atoms with E-state index in [-0.39, 0.29) is 17.8 Å². The molecule has 1 saturated carbocycles. The van der Waals surface area contributed by atoms with Crippen molar-refractivity contribution in [2.24, 2.45) is 5.84 Å². The number of thioether (sulfide) groups is 1. The van der Waals surface area contributed by atoms with Gasteiger partial charge in [0, 0.05) is 11.3 Å². The summed E-state index contributed by atoms with van der Waals surface area (Å²) in [6.07, 6.45) is 7.67. The average molecular weight is 271 g/mol. The number of aromatic nitrogens is 2. The van der Waals surface area contributed by atoms with E-state index in [4.69, 9.17) is 5.84 Å². The zero-order valence-electron chi connectivity index (χ0n) is 10.3. The number of nitrogen functional groups attached to an aromatic ring is 1. The van der Waals surface area contributed by atoms with Crippen LogP contribution in [0.15, 0.2) is 6.20 Å². The van der Waals surface area contributed by atoms with Crippen molar-refractivity contribution in [3.63, 3.8) is 0 Å². The van der Waals surface area contributed by atoms with Crippen LogP contribution in [0.4, 0.5) is 16.2 Å². The van der Waals surface area contributed by atoms with Gasteiger partial charge in [-0.25, -0.2) is 15.2 Å². The first-order chi connectivity index (χ1) is 8.72. The first kappa shape index (κ1) is 13.4. The second-order valence-corrected chi connectivity index (χ2v) is 5.53. The van der Waals surface area contributed by atoms with Crippen molar-refractivity contribution >= 4 is 23.5 Å². The van der Waals surface area contributed by atoms with Crippen molar-refractivity contribution < 1.29 is 4.39 Å². The standard InChI is InChI=1S/C11H18FN5S/c1-18-8-4-2-7(3-5-8)15-10-9(12)6-14-11(16-10)17-13/h6-8H,2-5,13H2,1H3,(H2,14,15,16,17). The van der Waals surface area contributed by atoms with Gasteiger partial charge in [0.1, 0.15) is 0 Å². The number of halogens is 1. The molecule has 7 heteroatoms. The highest BCUT2D eigenvalue weighted by Gasteiger charge is 2.21. The minimum absolute atomic E-state index is 0.219. The third kappa shape index (κ3) is 3.23. The van der Waals surface area contributed by atoms with Crippen LogP contribution in [0.1, 0.15) is 25.7 Å². The molecule has 0 unspecified atom stereocenters. The lowest BCUT2D eigenvalue weighted by Gasteiger charge is -2.28. The van der Waals surface area contributed by atoms with Crippen LogP contribution in [-0.4, -0.2) is 27.5 Å². The molecule has 1 fully saturated rings. The second kappa shape index (κ2) is 6.19. The molecule has 0 aliphatic heterocycles. The van der Waals surface area contributed by atoms with Crippen LogP contribution < -0.4 is 16.6 Å². The zero-order valence-corrected chi connectivity index (χ0v) is 11.1. The Labute approximate surface area is 110 Å². The van der Waals surface area contributed by atoms with Gasteiger partial charge in [0.15, 0.2) is 11.6 Å². The van der Waals surface area contributed by atoms with Crippen LogP contribution >= 0.6 is 11.8 Å². The Hall–Kier alpha value is -1.08. The molecule has 5 nitrogen and oxygen atoms in total. The highest BCUT2D eigenvalue weighted by atomic mass is 32.2. The largest absolute Gasteiger partial charge is 0.365 e. The van der Waals surface area contributed by atoms with Crippen LogP contribution in [0, 0.1) is 5.82 Å². The van der Waals surface area contributed by atoms with Gasteiger partial charge in [-0.2, -0.15) is 16.7 Å². The fourth-order valence-electron chi connectivity index (χ4n) is 2.17. The number of nitrogens with one attached hydrogen (secondary N) is 2. The van der Waals surface area contributed by atoms with Crippen LogP contribution in [-0.2, 0) is 0 Å². The maximum Gasteiger partial charge on any atom is 0.239 e. The second-order valence-electron chi connectivity index (χ2n) is 4.39. The molecule has 1 aliphatic carbocycles. The van der Waals surface area contributed by atoms with E-state index in [1.807, 2.05) is 11.8 Å². The maximum absolute atomic E-state index is 13.5. The Kier molecular flexibility index (Phi) is 4.60. The number of nitrogens with zero attached hydrogens (tertiary/aromatic N) is 2. The summed E-state index contributed by atoms with van der Waals surface area (Å²) in [6.45, 7) is 0. The summed E-state index contributed by atoms with van der Waals surface area (Å²) >= 11 is 1.91. The van der Waals surface area contributed by atoms with E-state index in [0.29, 0.717) is 0 Å². The van der Waals surface area contributed by atoms with Gasteiger partial charge in [0.2, 0.25) is 5.95 Å². The number of hydrogen-bond donors (Lipinski definition) is 3. The topological polar surface area (TPSA) is 75.9 Å².